The van der Waals surface area contributed by atoms with Crippen LogP contribution in [0.15, 0.2) is 0 Å². The van der Waals surface area contributed by atoms with E-state index in [1.54, 1.807) is 0 Å². The third-order valence-corrected chi connectivity index (χ3v) is 1.19. The van der Waals surface area contributed by atoms with Crippen molar-refractivity contribution < 1.29 is 38.0 Å². The summed E-state index contributed by atoms with van der Waals surface area (Å²) < 4.78 is 16.7. The van der Waals surface area contributed by atoms with E-state index in [-0.39, 0.29) is 0 Å². The predicted octanol–water partition coefficient (Wildman–Crippen LogP) is -1.04. The summed E-state index contributed by atoms with van der Waals surface area (Å²) in [6.07, 6.45) is 0. The summed E-state index contributed by atoms with van der Waals surface area (Å²) in [7, 11) is 4.56. The van der Waals surface area contributed by atoms with Gasteiger partial charge in [0, 0.05) is 20.8 Å². The van der Waals surface area contributed by atoms with E-state index in [1.807, 2.05) is 0 Å². The minimum absolute atomic E-state index is 0.894. The maximum absolute atomic E-state index is 11.3. The summed E-state index contributed by atoms with van der Waals surface area (Å²) in [5.41, 5.74) is 0. The molecule has 0 saturated heterocycles. The maximum Gasteiger partial charge on any atom is 0.528 e. The summed E-state index contributed by atoms with van der Waals surface area (Å²) in [6.45, 7) is 2.68. The fourth-order valence-electron chi connectivity index (χ4n) is 0.827. The Morgan fingerprint density at radius 3 is 1.29 bits per heavy atom. The molecule has 17 heavy (non-hydrogen) atoms. The normalized spacial score (nSPS) is 10.1. The van der Waals surface area contributed by atoms with E-state index in [4.69, 9.17) is 0 Å². The Labute approximate surface area is 97.6 Å². The molecule has 0 rings (SSSR count). The van der Waals surface area contributed by atoms with Crippen molar-refractivity contribution in [3.63, 3.8) is 0 Å². The van der Waals surface area contributed by atoms with Crippen LogP contribution in [-0.4, -0.2) is 37.9 Å². The lowest BCUT2D eigenvalue weighted by atomic mass is 10.4. The van der Waals surface area contributed by atoms with Crippen molar-refractivity contribution in [2.75, 3.05) is 0 Å². The zero-order valence-corrected chi connectivity index (χ0v) is 9.34. The molecule has 0 bridgehead atoms. The second kappa shape index (κ2) is 5.87. The highest BCUT2D eigenvalue weighted by Crippen LogP contribution is 2.18. The van der Waals surface area contributed by atoms with Gasteiger partial charge in [-0.3, -0.25) is 14.4 Å². The van der Waals surface area contributed by atoms with E-state index in [1.165, 1.54) is 0 Å². The fraction of sp³-hybridized carbons (Fsp3) is 0.500. The zero-order valence-electron chi connectivity index (χ0n) is 9.34. The van der Waals surface area contributed by atoms with Crippen LogP contribution in [0.4, 0.5) is 0 Å². The molecule has 0 aromatic heterocycles. The van der Waals surface area contributed by atoms with Crippen LogP contribution in [0.2, 0.25) is 0 Å². The van der Waals surface area contributed by atoms with Crippen molar-refractivity contribution in [2.24, 2.45) is 0 Å². The largest absolute Gasteiger partial charge is 0.535 e. The Kier molecular flexibility index (Phi) is 5.16. The molecule has 0 atom stereocenters. The Morgan fingerprint density at radius 1 is 0.824 bits per heavy atom. The highest BCUT2D eigenvalue weighted by Gasteiger charge is 2.52. The number of hydrogen-bond donors (Lipinski definition) is 0. The topological polar surface area (TPSA) is 105 Å². The summed E-state index contributed by atoms with van der Waals surface area (Å²) in [5.74, 6) is -7.70. The molecule has 2 radical (unpaired) electrons. The van der Waals surface area contributed by atoms with Gasteiger partial charge in [-0.25, -0.2) is 4.79 Å². The molecule has 0 fully saturated rings. The third-order valence-electron chi connectivity index (χ3n) is 1.19. The summed E-state index contributed by atoms with van der Waals surface area (Å²) in [6, 6.07) is 0. The Morgan fingerprint density at radius 2 is 1.12 bits per heavy atom. The minimum atomic E-state index is -2.96. The molecule has 0 aliphatic rings. The van der Waals surface area contributed by atoms with Gasteiger partial charge in [0.05, 0.1) is 0 Å². The SMILES string of the molecule is [B]OC(=O)C(OC(C)=O)(OC(C)=O)OC(C)=O. The van der Waals surface area contributed by atoms with Gasteiger partial charge in [0.25, 0.3) is 0 Å². The van der Waals surface area contributed by atoms with Crippen molar-refractivity contribution >= 4 is 31.9 Å². The Balaban J connectivity index is 5.33. The molecule has 0 saturated carbocycles. The average molecular weight is 244 g/mol. The maximum atomic E-state index is 11.3. The van der Waals surface area contributed by atoms with Crippen LogP contribution < -0.4 is 0 Å². The number of hydrogen-bond acceptors (Lipinski definition) is 8. The molecule has 9 heteroatoms. The van der Waals surface area contributed by atoms with Crippen LogP contribution in [0.1, 0.15) is 20.8 Å². The van der Waals surface area contributed by atoms with E-state index in [0.717, 1.165) is 20.8 Å². The van der Waals surface area contributed by atoms with Crippen molar-refractivity contribution in [3.8, 4) is 0 Å². The van der Waals surface area contributed by atoms with Gasteiger partial charge in [0.15, 0.2) is 0 Å². The van der Waals surface area contributed by atoms with E-state index in [0.29, 0.717) is 0 Å². The first-order valence-electron chi connectivity index (χ1n) is 4.23. The molecule has 0 heterocycles. The van der Waals surface area contributed by atoms with Gasteiger partial charge in [0.2, 0.25) is 0 Å². The molecule has 0 aromatic rings. The van der Waals surface area contributed by atoms with Gasteiger partial charge in [0.1, 0.15) is 0 Å². The summed E-state index contributed by atoms with van der Waals surface area (Å²) >= 11 is 0. The lowest BCUT2D eigenvalue weighted by Gasteiger charge is -2.27. The van der Waals surface area contributed by atoms with Crippen LogP contribution in [0.25, 0.3) is 0 Å². The quantitative estimate of drug-likeness (QED) is 0.350. The van der Waals surface area contributed by atoms with Gasteiger partial charge >= 0.3 is 37.9 Å². The first-order valence-corrected chi connectivity index (χ1v) is 4.23. The molecular weight excluding hydrogens is 235 g/mol. The standard InChI is InChI=1S/C8H9BO8/c1-4(10)14-8(7(13)17-9,15-5(2)11)16-6(3)12/h1-3H3. The summed E-state index contributed by atoms with van der Waals surface area (Å²) in [4.78, 5) is 43.6. The van der Waals surface area contributed by atoms with E-state index in [2.05, 4.69) is 26.9 Å². The Hall–Kier alpha value is -2.06. The molecular formula is C8H9BO8. The van der Waals surface area contributed by atoms with Gasteiger partial charge in [-0.05, 0) is 0 Å². The van der Waals surface area contributed by atoms with Crippen molar-refractivity contribution in [1.29, 1.82) is 0 Å². The Bertz CT molecular complexity index is 309. The minimum Gasteiger partial charge on any atom is -0.535 e. The van der Waals surface area contributed by atoms with Crippen LogP contribution in [0, 0.1) is 0 Å². The average Bonchev–Trinajstić information content (AvgIpc) is 2.12. The molecule has 0 amide bonds. The van der Waals surface area contributed by atoms with Crippen LogP contribution in [0.5, 0.6) is 0 Å². The summed E-state index contributed by atoms with van der Waals surface area (Å²) in [5, 5.41) is 0. The fourth-order valence-corrected chi connectivity index (χ4v) is 0.827. The molecule has 0 N–H and O–H groups in total. The van der Waals surface area contributed by atoms with Crippen LogP contribution in [0.3, 0.4) is 0 Å². The zero-order chi connectivity index (χ0) is 13.6. The second-order valence-electron chi connectivity index (χ2n) is 2.74. The molecule has 92 valence electrons. The smallest absolute Gasteiger partial charge is 0.528 e. The molecule has 0 aromatic carbocycles. The number of esters is 3. The monoisotopic (exact) mass is 244 g/mol. The lowest BCUT2D eigenvalue weighted by Crippen LogP contribution is -2.51. The first-order chi connectivity index (χ1) is 7.73. The highest BCUT2D eigenvalue weighted by atomic mass is 16.9. The first kappa shape index (κ1) is 14.9. The van der Waals surface area contributed by atoms with Crippen LogP contribution >= 0.6 is 0 Å². The van der Waals surface area contributed by atoms with Gasteiger partial charge in [-0.1, -0.05) is 0 Å². The van der Waals surface area contributed by atoms with Crippen LogP contribution in [-0.2, 0) is 38.0 Å². The van der Waals surface area contributed by atoms with Gasteiger partial charge in [-0.15, -0.1) is 0 Å². The van der Waals surface area contributed by atoms with Crippen molar-refractivity contribution in [1.82, 2.24) is 0 Å². The van der Waals surface area contributed by atoms with E-state index < -0.39 is 29.9 Å². The highest BCUT2D eigenvalue weighted by molar-refractivity contribution is 6.07. The van der Waals surface area contributed by atoms with Crippen molar-refractivity contribution in [2.45, 2.75) is 26.7 Å². The van der Waals surface area contributed by atoms with Gasteiger partial charge < -0.3 is 18.9 Å². The molecule has 8 nitrogen and oxygen atoms in total. The van der Waals surface area contributed by atoms with Gasteiger partial charge in [-0.2, -0.15) is 0 Å². The van der Waals surface area contributed by atoms with Crippen molar-refractivity contribution in [3.05, 3.63) is 0 Å². The third kappa shape index (κ3) is 4.54. The molecule has 0 unspecified atom stereocenters. The van der Waals surface area contributed by atoms with E-state index >= 15 is 0 Å². The number of carbonyl (C=O) groups is 4. The molecule has 0 aliphatic heterocycles. The molecule has 0 aliphatic carbocycles. The predicted molar refractivity (Wildman–Crippen MR) is 49.9 cm³/mol. The number of carbonyl (C=O) groups excluding carboxylic acids is 4. The van der Waals surface area contributed by atoms with E-state index in [9.17, 15) is 19.2 Å². The number of ether oxygens (including phenoxy) is 3. The second-order valence-corrected chi connectivity index (χ2v) is 2.74. The lowest BCUT2D eigenvalue weighted by molar-refractivity contribution is -0.316. The number of rotatable bonds is 4. The molecule has 0 spiro atoms.